The summed E-state index contributed by atoms with van der Waals surface area (Å²) in [5, 5.41) is 9.39. The summed E-state index contributed by atoms with van der Waals surface area (Å²) in [6.07, 6.45) is 1.60. The van der Waals surface area contributed by atoms with Crippen molar-refractivity contribution in [2.24, 2.45) is 0 Å². The van der Waals surface area contributed by atoms with Crippen molar-refractivity contribution < 1.29 is 14.1 Å². The van der Waals surface area contributed by atoms with E-state index in [0.717, 1.165) is 5.69 Å². The summed E-state index contributed by atoms with van der Waals surface area (Å²) >= 11 is 0. The molecule has 2 N–H and O–H groups in total. The van der Waals surface area contributed by atoms with Gasteiger partial charge in [0, 0.05) is 12.1 Å². The van der Waals surface area contributed by atoms with Gasteiger partial charge in [-0.05, 0) is 19.9 Å². The van der Waals surface area contributed by atoms with Gasteiger partial charge in [-0.1, -0.05) is 5.16 Å². The van der Waals surface area contributed by atoms with E-state index in [2.05, 4.69) is 20.8 Å². The SMILES string of the molecule is COc1ccc(N[C@H](C)C(=O)Nc2cc(C)on2)cn1. The third-order valence-corrected chi connectivity index (χ3v) is 2.60. The Kier molecular flexibility index (Phi) is 4.19. The van der Waals surface area contributed by atoms with Crippen molar-refractivity contribution in [2.75, 3.05) is 17.7 Å². The van der Waals surface area contributed by atoms with E-state index in [-0.39, 0.29) is 5.91 Å². The van der Waals surface area contributed by atoms with Crippen LogP contribution in [0.1, 0.15) is 12.7 Å². The molecule has 0 unspecified atom stereocenters. The van der Waals surface area contributed by atoms with Crippen molar-refractivity contribution in [2.45, 2.75) is 19.9 Å². The molecular formula is C13H16N4O3. The zero-order valence-corrected chi connectivity index (χ0v) is 11.5. The molecule has 2 rings (SSSR count). The molecule has 0 fully saturated rings. The quantitative estimate of drug-likeness (QED) is 0.866. The topological polar surface area (TPSA) is 89.3 Å². The van der Waals surface area contributed by atoms with E-state index in [9.17, 15) is 4.79 Å². The van der Waals surface area contributed by atoms with E-state index in [1.807, 2.05) is 0 Å². The molecule has 7 heteroatoms. The Morgan fingerprint density at radius 1 is 1.45 bits per heavy atom. The highest BCUT2D eigenvalue weighted by atomic mass is 16.5. The normalized spacial score (nSPS) is 11.8. The number of aromatic nitrogens is 2. The van der Waals surface area contributed by atoms with Gasteiger partial charge in [-0.2, -0.15) is 0 Å². The van der Waals surface area contributed by atoms with Crippen molar-refractivity contribution in [3.63, 3.8) is 0 Å². The van der Waals surface area contributed by atoms with Crippen molar-refractivity contribution in [1.82, 2.24) is 10.1 Å². The molecule has 2 aromatic heterocycles. The molecule has 0 bridgehead atoms. The molecular weight excluding hydrogens is 260 g/mol. The van der Waals surface area contributed by atoms with Crippen molar-refractivity contribution >= 4 is 17.4 Å². The highest BCUT2D eigenvalue weighted by Crippen LogP contribution is 2.13. The highest BCUT2D eigenvalue weighted by molar-refractivity contribution is 5.95. The van der Waals surface area contributed by atoms with Crippen LogP contribution in [-0.4, -0.2) is 29.2 Å². The number of ether oxygens (including phenoxy) is 1. The molecule has 0 aliphatic carbocycles. The van der Waals surface area contributed by atoms with Crippen molar-refractivity contribution in [1.29, 1.82) is 0 Å². The largest absolute Gasteiger partial charge is 0.481 e. The number of aryl methyl sites for hydroxylation is 1. The first-order chi connectivity index (χ1) is 9.58. The van der Waals surface area contributed by atoms with Gasteiger partial charge in [0.25, 0.3) is 0 Å². The summed E-state index contributed by atoms with van der Waals surface area (Å²) in [6.45, 7) is 3.50. The molecule has 7 nitrogen and oxygen atoms in total. The van der Waals surface area contributed by atoms with Crippen LogP contribution in [0.4, 0.5) is 11.5 Å². The molecule has 2 aromatic rings. The minimum absolute atomic E-state index is 0.214. The van der Waals surface area contributed by atoms with Gasteiger partial charge in [0.1, 0.15) is 11.8 Å². The molecule has 0 aliphatic heterocycles. The lowest BCUT2D eigenvalue weighted by Crippen LogP contribution is -2.32. The molecule has 0 aliphatic rings. The predicted octanol–water partition coefficient (Wildman–Crippen LogP) is 1.83. The van der Waals surface area contributed by atoms with Crippen LogP contribution in [0.15, 0.2) is 28.9 Å². The summed E-state index contributed by atoms with van der Waals surface area (Å²) in [6, 6.07) is 4.71. The Bertz CT molecular complexity index is 580. The van der Waals surface area contributed by atoms with Gasteiger partial charge in [-0.15, -0.1) is 0 Å². The van der Waals surface area contributed by atoms with Crippen LogP contribution < -0.4 is 15.4 Å². The average Bonchev–Trinajstić information content (AvgIpc) is 2.85. The van der Waals surface area contributed by atoms with Crippen molar-refractivity contribution in [3.8, 4) is 5.88 Å². The van der Waals surface area contributed by atoms with Crippen LogP contribution in [0.5, 0.6) is 5.88 Å². The Morgan fingerprint density at radius 2 is 2.25 bits per heavy atom. The van der Waals surface area contributed by atoms with E-state index in [0.29, 0.717) is 17.5 Å². The van der Waals surface area contributed by atoms with Crippen LogP contribution in [0.25, 0.3) is 0 Å². The summed E-state index contributed by atoms with van der Waals surface area (Å²) in [5.74, 6) is 1.34. The van der Waals surface area contributed by atoms with Gasteiger partial charge in [0.15, 0.2) is 5.82 Å². The lowest BCUT2D eigenvalue weighted by molar-refractivity contribution is -0.116. The smallest absolute Gasteiger partial charge is 0.247 e. The van der Waals surface area contributed by atoms with Crippen molar-refractivity contribution in [3.05, 3.63) is 30.2 Å². The zero-order valence-electron chi connectivity index (χ0n) is 11.5. The maximum Gasteiger partial charge on any atom is 0.247 e. The first-order valence-electron chi connectivity index (χ1n) is 6.09. The summed E-state index contributed by atoms with van der Waals surface area (Å²) in [7, 11) is 1.55. The third kappa shape index (κ3) is 3.47. The molecule has 0 saturated heterocycles. The number of nitrogens with zero attached hydrogens (tertiary/aromatic N) is 2. The lowest BCUT2D eigenvalue weighted by atomic mass is 10.3. The number of hydrogen-bond acceptors (Lipinski definition) is 6. The Labute approximate surface area is 116 Å². The number of rotatable bonds is 5. The minimum Gasteiger partial charge on any atom is -0.481 e. The molecule has 0 aromatic carbocycles. The molecule has 0 saturated carbocycles. The number of carbonyl (C=O) groups is 1. The zero-order chi connectivity index (χ0) is 14.5. The molecule has 1 amide bonds. The van der Waals surface area contributed by atoms with Gasteiger partial charge >= 0.3 is 0 Å². The summed E-state index contributed by atoms with van der Waals surface area (Å²) in [4.78, 5) is 16.0. The second kappa shape index (κ2) is 6.05. The second-order valence-electron chi connectivity index (χ2n) is 4.27. The van der Waals surface area contributed by atoms with E-state index in [1.165, 1.54) is 0 Å². The predicted molar refractivity (Wildman–Crippen MR) is 73.7 cm³/mol. The number of anilines is 2. The number of pyridine rings is 1. The van der Waals surface area contributed by atoms with Gasteiger partial charge in [-0.3, -0.25) is 4.79 Å². The molecule has 106 valence electrons. The summed E-state index contributed by atoms with van der Waals surface area (Å²) in [5.41, 5.74) is 0.727. The number of amides is 1. The monoisotopic (exact) mass is 276 g/mol. The fourth-order valence-corrected chi connectivity index (χ4v) is 1.56. The van der Waals surface area contributed by atoms with E-state index < -0.39 is 6.04 Å². The number of methoxy groups -OCH3 is 1. The standard InChI is InChI=1S/C13H16N4O3/c1-8-6-11(17-20-8)16-13(18)9(2)15-10-4-5-12(19-3)14-7-10/h4-7,9,15H,1-3H3,(H,16,17,18)/t9-/m1/s1. The maximum atomic E-state index is 11.9. The fraction of sp³-hybridized carbons (Fsp3) is 0.308. The number of hydrogen-bond donors (Lipinski definition) is 2. The van der Waals surface area contributed by atoms with E-state index in [1.54, 1.807) is 45.4 Å². The van der Waals surface area contributed by atoms with Gasteiger partial charge in [0.2, 0.25) is 11.8 Å². The molecule has 0 spiro atoms. The second-order valence-corrected chi connectivity index (χ2v) is 4.27. The first-order valence-corrected chi connectivity index (χ1v) is 6.09. The van der Waals surface area contributed by atoms with Gasteiger partial charge < -0.3 is 19.9 Å². The lowest BCUT2D eigenvalue weighted by Gasteiger charge is -2.14. The van der Waals surface area contributed by atoms with Crippen LogP contribution >= 0.6 is 0 Å². The molecule has 0 radical (unpaired) electrons. The Morgan fingerprint density at radius 3 is 2.80 bits per heavy atom. The molecule has 20 heavy (non-hydrogen) atoms. The Balaban J connectivity index is 1.92. The average molecular weight is 276 g/mol. The minimum atomic E-state index is -0.442. The van der Waals surface area contributed by atoms with Crippen LogP contribution in [-0.2, 0) is 4.79 Å². The third-order valence-electron chi connectivity index (χ3n) is 2.60. The molecule has 1 atom stereocenters. The van der Waals surface area contributed by atoms with Gasteiger partial charge in [0.05, 0.1) is 19.0 Å². The highest BCUT2D eigenvalue weighted by Gasteiger charge is 2.14. The molecule has 2 heterocycles. The first kappa shape index (κ1) is 13.9. The van der Waals surface area contributed by atoms with Gasteiger partial charge in [-0.25, -0.2) is 4.98 Å². The van der Waals surface area contributed by atoms with Crippen LogP contribution in [0, 0.1) is 6.92 Å². The van der Waals surface area contributed by atoms with E-state index in [4.69, 9.17) is 9.26 Å². The maximum absolute atomic E-state index is 11.9. The van der Waals surface area contributed by atoms with Crippen LogP contribution in [0.3, 0.4) is 0 Å². The summed E-state index contributed by atoms with van der Waals surface area (Å²) < 4.78 is 9.85. The van der Waals surface area contributed by atoms with Crippen LogP contribution in [0.2, 0.25) is 0 Å². The Hall–Kier alpha value is -2.57. The van der Waals surface area contributed by atoms with E-state index >= 15 is 0 Å². The fourth-order valence-electron chi connectivity index (χ4n) is 1.56. The number of nitrogens with one attached hydrogen (secondary N) is 2. The number of carbonyl (C=O) groups excluding carboxylic acids is 1.